The predicted molar refractivity (Wildman–Crippen MR) is 111 cm³/mol. The molecule has 0 unspecified atom stereocenters. The summed E-state index contributed by atoms with van der Waals surface area (Å²) < 4.78 is 11.4. The van der Waals surface area contributed by atoms with Crippen LogP contribution in [0.2, 0.25) is 0 Å². The number of benzene rings is 1. The van der Waals surface area contributed by atoms with E-state index < -0.39 is 17.4 Å². The van der Waals surface area contributed by atoms with Crippen LogP contribution in [0.15, 0.2) is 34.9 Å². The number of hydrogen-bond acceptors (Lipinski definition) is 6. The summed E-state index contributed by atoms with van der Waals surface area (Å²) in [6, 6.07) is 6.25. The van der Waals surface area contributed by atoms with E-state index in [9.17, 15) is 9.59 Å². The molecule has 0 N–H and O–H groups in total. The Balaban J connectivity index is 1.35. The Bertz CT molecular complexity index is 1090. The number of fused-ring (bicyclic) bond motifs is 1. The molecule has 1 aromatic heterocycles. The molecule has 0 saturated carbocycles. The highest BCUT2D eigenvalue weighted by atomic mass is 16.5. The van der Waals surface area contributed by atoms with Crippen LogP contribution in [0.25, 0.3) is 0 Å². The molecule has 3 aliphatic rings. The number of carbonyl (C=O) groups excluding carboxylic acids is 2. The standard InChI is InChI=1S/C23H26N4O4/c1-13-5-6-16(9-14(13)2)10-27-12-23-8-7-17(30-23)19(20(23)22(27)29)21(28)26(4)11-18-24-15(3)25-31-18/h5-9,17,19-20H,10-12H2,1-4H3/t17-,19+,20+,23-/m0/s1. The first-order valence-corrected chi connectivity index (χ1v) is 10.5. The minimum absolute atomic E-state index is 0.0227. The summed E-state index contributed by atoms with van der Waals surface area (Å²) in [5.41, 5.74) is 2.79. The number of aryl methyl sites for hydroxylation is 3. The Morgan fingerprint density at radius 3 is 2.81 bits per heavy atom. The minimum atomic E-state index is -0.719. The van der Waals surface area contributed by atoms with Crippen LogP contribution in [0, 0.1) is 32.6 Å². The second-order valence-electron chi connectivity index (χ2n) is 8.94. The van der Waals surface area contributed by atoms with Gasteiger partial charge in [0.2, 0.25) is 17.7 Å². The first kappa shape index (κ1) is 19.9. The third kappa shape index (κ3) is 3.17. The Morgan fingerprint density at radius 2 is 2.10 bits per heavy atom. The Kier molecular flexibility index (Phi) is 4.51. The normalized spacial score (nSPS) is 28.5. The van der Waals surface area contributed by atoms with Crippen LogP contribution in [-0.2, 0) is 27.4 Å². The van der Waals surface area contributed by atoms with Gasteiger partial charge in [0.05, 0.1) is 31.0 Å². The number of amides is 2. The fourth-order valence-corrected chi connectivity index (χ4v) is 5.06. The average Bonchev–Trinajstić information content (AvgIpc) is 3.46. The molecule has 5 rings (SSSR count). The lowest BCUT2D eigenvalue weighted by Crippen LogP contribution is -2.44. The third-order valence-corrected chi connectivity index (χ3v) is 6.73. The van der Waals surface area contributed by atoms with Gasteiger partial charge in [0, 0.05) is 13.6 Å². The Labute approximate surface area is 180 Å². The molecule has 2 fully saturated rings. The minimum Gasteiger partial charge on any atom is -0.360 e. The third-order valence-electron chi connectivity index (χ3n) is 6.73. The van der Waals surface area contributed by atoms with Gasteiger partial charge in [-0.05, 0) is 37.5 Å². The maximum absolute atomic E-state index is 13.4. The Morgan fingerprint density at radius 1 is 1.29 bits per heavy atom. The molecule has 0 aliphatic carbocycles. The van der Waals surface area contributed by atoms with E-state index >= 15 is 0 Å². The van der Waals surface area contributed by atoms with Crippen LogP contribution >= 0.6 is 0 Å². The fourth-order valence-electron chi connectivity index (χ4n) is 5.06. The summed E-state index contributed by atoms with van der Waals surface area (Å²) in [6.07, 6.45) is 3.53. The first-order valence-electron chi connectivity index (χ1n) is 10.5. The highest BCUT2D eigenvalue weighted by Crippen LogP contribution is 2.52. The molecule has 31 heavy (non-hydrogen) atoms. The van der Waals surface area contributed by atoms with Crippen LogP contribution in [0.3, 0.4) is 0 Å². The molecule has 4 atom stereocenters. The number of nitrogens with zero attached hydrogens (tertiary/aromatic N) is 4. The van der Waals surface area contributed by atoms with E-state index in [1.165, 1.54) is 11.1 Å². The van der Waals surface area contributed by atoms with Crippen molar-refractivity contribution in [2.45, 2.75) is 45.6 Å². The monoisotopic (exact) mass is 422 g/mol. The fraction of sp³-hybridized carbons (Fsp3) is 0.478. The molecule has 1 aromatic carbocycles. The van der Waals surface area contributed by atoms with E-state index in [0.717, 1.165) is 5.56 Å². The highest BCUT2D eigenvalue weighted by molar-refractivity contribution is 5.93. The van der Waals surface area contributed by atoms with Crippen molar-refractivity contribution in [3.8, 4) is 0 Å². The molecule has 2 aromatic rings. The van der Waals surface area contributed by atoms with Gasteiger partial charge < -0.3 is 19.1 Å². The first-order chi connectivity index (χ1) is 14.8. The van der Waals surface area contributed by atoms with Crippen LogP contribution in [-0.4, -0.2) is 57.1 Å². The van der Waals surface area contributed by atoms with Gasteiger partial charge in [-0.3, -0.25) is 9.59 Å². The van der Waals surface area contributed by atoms with Crippen molar-refractivity contribution in [3.05, 3.63) is 58.8 Å². The van der Waals surface area contributed by atoms with E-state index in [4.69, 9.17) is 9.26 Å². The van der Waals surface area contributed by atoms with Gasteiger partial charge >= 0.3 is 0 Å². The van der Waals surface area contributed by atoms with Gasteiger partial charge in [0.25, 0.3) is 0 Å². The van der Waals surface area contributed by atoms with Crippen LogP contribution < -0.4 is 0 Å². The lowest BCUT2D eigenvalue weighted by molar-refractivity contribution is -0.143. The van der Waals surface area contributed by atoms with Crippen molar-refractivity contribution in [1.82, 2.24) is 19.9 Å². The molecule has 8 heteroatoms. The molecule has 1 spiro atoms. The molecule has 2 bridgehead atoms. The molecule has 4 heterocycles. The van der Waals surface area contributed by atoms with Crippen molar-refractivity contribution in [1.29, 1.82) is 0 Å². The summed E-state index contributed by atoms with van der Waals surface area (Å²) in [6.45, 7) is 7.05. The summed E-state index contributed by atoms with van der Waals surface area (Å²) in [5, 5.41) is 3.77. The second-order valence-corrected chi connectivity index (χ2v) is 8.94. The molecule has 2 saturated heterocycles. The van der Waals surface area contributed by atoms with Crippen molar-refractivity contribution in [2.75, 3.05) is 13.6 Å². The molecule has 2 amide bonds. The number of likely N-dealkylation sites (tertiary alicyclic amines) is 1. The molecule has 8 nitrogen and oxygen atoms in total. The summed E-state index contributed by atoms with van der Waals surface area (Å²) >= 11 is 0. The average molecular weight is 422 g/mol. The van der Waals surface area contributed by atoms with Gasteiger partial charge in [0.15, 0.2) is 5.82 Å². The van der Waals surface area contributed by atoms with E-state index in [2.05, 4.69) is 42.2 Å². The molecular weight excluding hydrogens is 396 g/mol. The number of carbonyl (C=O) groups is 2. The Hall–Kier alpha value is -3.00. The van der Waals surface area contributed by atoms with E-state index in [1.54, 1.807) is 18.9 Å². The highest BCUT2D eigenvalue weighted by Gasteiger charge is 2.67. The zero-order valence-electron chi connectivity index (χ0n) is 18.2. The smallest absolute Gasteiger partial charge is 0.246 e. The van der Waals surface area contributed by atoms with Crippen molar-refractivity contribution >= 4 is 11.8 Å². The molecule has 0 radical (unpaired) electrons. The lowest BCUT2D eigenvalue weighted by Gasteiger charge is -2.27. The topological polar surface area (TPSA) is 88.8 Å². The van der Waals surface area contributed by atoms with Crippen molar-refractivity contribution in [3.63, 3.8) is 0 Å². The molecular formula is C23H26N4O4. The van der Waals surface area contributed by atoms with E-state index in [1.807, 2.05) is 17.1 Å². The summed E-state index contributed by atoms with van der Waals surface area (Å²) in [5.74, 6) is -0.320. The summed E-state index contributed by atoms with van der Waals surface area (Å²) in [7, 11) is 1.69. The van der Waals surface area contributed by atoms with E-state index in [0.29, 0.717) is 24.8 Å². The van der Waals surface area contributed by atoms with Crippen molar-refractivity contribution < 1.29 is 18.8 Å². The predicted octanol–water partition coefficient (Wildman–Crippen LogP) is 1.94. The van der Waals surface area contributed by atoms with Gasteiger partial charge in [-0.15, -0.1) is 0 Å². The number of aromatic nitrogens is 2. The SMILES string of the molecule is Cc1noc(CN(C)C(=O)[C@@H]2[C@@H]3C=C[C@@]4(CN(Cc5ccc(C)c(C)c5)C(=O)[C@@H]24)O3)n1. The zero-order chi connectivity index (χ0) is 21.9. The maximum atomic E-state index is 13.4. The van der Waals surface area contributed by atoms with Gasteiger partial charge in [-0.1, -0.05) is 35.5 Å². The van der Waals surface area contributed by atoms with Crippen LogP contribution in [0.5, 0.6) is 0 Å². The van der Waals surface area contributed by atoms with E-state index in [-0.39, 0.29) is 24.5 Å². The van der Waals surface area contributed by atoms with Gasteiger partial charge in [-0.25, -0.2) is 0 Å². The number of ether oxygens (including phenoxy) is 1. The maximum Gasteiger partial charge on any atom is 0.246 e. The van der Waals surface area contributed by atoms with Gasteiger partial charge in [0.1, 0.15) is 5.60 Å². The number of rotatable bonds is 5. The van der Waals surface area contributed by atoms with Crippen molar-refractivity contribution in [2.24, 2.45) is 11.8 Å². The quantitative estimate of drug-likeness (QED) is 0.684. The largest absolute Gasteiger partial charge is 0.360 e. The van der Waals surface area contributed by atoms with Crippen LogP contribution in [0.4, 0.5) is 0 Å². The zero-order valence-corrected chi connectivity index (χ0v) is 18.2. The van der Waals surface area contributed by atoms with Crippen LogP contribution in [0.1, 0.15) is 28.4 Å². The number of hydrogen-bond donors (Lipinski definition) is 0. The molecule has 162 valence electrons. The van der Waals surface area contributed by atoms with Gasteiger partial charge in [-0.2, -0.15) is 4.98 Å². The lowest BCUT2D eigenvalue weighted by atomic mass is 9.76. The second kappa shape index (κ2) is 7.02. The summed E-state index contributed by atoms with van der Waals surface area (Å²) in [4.78, 5) is 34.3. The molecule has 3 aliphatic heterocycles.